The number of anilines is 1. The van der Waals surface area contributed by atoms with Crippen molar-refractivity contribution in [2.45, 2.75) is 62.8 Å². The van der Waals surface area contributed by atoms with Crippen LogP contribution < -0.4 is 21.3 Å². The second-order valence-corrected chi connectivity index (χ2v) is 12.9. The second kappa shape index (κ2) is 18.5. The van der Waals surface area contributed by atoms with E-state index in [0.29, 0.717) is 60.9 Å². The van der Waals surface area contributed by atoms with Crippen molar-refractivity contribution >= 4 is 11.8 Å². The van der Waals surface area contributed by atoms with Crippen LogP contribution >= 0.6 is 0 Å². The predicted octanol–water partition coefficient (Wildman–Crippen LogP) is 6.06. The number of benzene rings is 2. The first-order valence-corrected chi connectivity index (χ1v) is 17.2. The van der Waals surface area contributed by atoms with E-state index in [1.165, 1.54) is 42.6 Å². The minimum absolute atomic E-state index is 0.0752. The second-order valence-electron chi connectivity index (χ2n) is 12.9. The van der Waals surface area contributed by atoms with Gasteiger partial charge in [-0.1, -0.05) is 37.1 Å². The zero-order valence-electron chi connectivity index (χ0n) is 29.0. The standard InChI is InChI=1S/C39H44F3N5O5/c1-4-34(38(47-39(48)49)37(25-8-10-27(40)11-9-25)26-15-24(3)16-28(41)17-26)46-35-20-43-19-33(42)32(35)13-12-31-18-44-30(22-51-31)23-52-36(5-2)45-29-7-6-14-50-21-29/h8-11,15-17,19-20,29-31,37-38,44-47H,1-2,6-7,12-14,18,21-23H2,3H3,(H,48,49)/t29-,30+,31-,37+,38+/m1/s1. The molecule has 2 aliphatic heterocycles. The van der Waals surface area contributed by atoms with E-state index >= 15 is 4.39 Å². The smallest absolute Gasteiger partial charge is 0.405 e. The van der Waals surface area contributed by atoms with Crippen molar-refractivity contribution in [3.8, 4) is 0 Å². The molecule has 5 rings (SSSR count). The minimum Gasteiger partial charge on any atom is -0.472 e. The van der Waals surface area contributed by atoms with E-state index in [1.807, 2.05) is 0 Å². The number of aromatic nitrogens is 1. The molecule has 10 nitrogen and oxygen atoms in total. The third-order valence-electron chi connectivity index (χ3n) is 9.01. The number of rotatable bonds is 15. The highest BCUT2D eigenvalue weighted by Crippen LogP contribution is 2.34. The molecule has 5 N–H and O–H groups in total. The molecule has 2 aliphatic rings. The number of nitrogens with one attached hydrogen (secondary N) is 4. The molecule has 1 aromatic heterocycles. The molecule has 5 atom stereocenters. The first-order valence-electron chi connectivity index (χ1n) is 17.2. The summed E-state index contributed by atoms with van der Waals surface area (Å²) in [6.45, 7) is 11.8. The Labute approximate surface area is 301 Å². The summed E-state index contributed by atoms with van der Waals surface area (Å²) in [5.74, 6) is -1.98. The number of halogens is 3. The number of pyridine rings is 1. The molecular weight excluding hydrogens is 675 g/mol. The third kappa shape index (κ3) is 10.5. The lowest BCUT2D eigenvalue weighted by Gasteiger charge is -2.31. The highest BCUT2D eigenvalue weighted by molar-refractivity contribution is 5.67. The monoisotopic (exact) mass is 719 g/mol. The van der Waals surface area contributed by atoms with Crippen LogP contribution in [-0.4, -0.2) is 73.4 Å². The SMILES string of the molecule is C=C=C(N[C@@H]1CCCOC1)OC[C@@H]1CO[C@H](CCc2c(F)cncc2NC(=C=C)[C@H](NC(=O)O)[C@@H](c2ccc(F)cc2)c2cc(C)cc(F)c2)CN1. The summed E-state index contributed by atoms with van der Waals surface area (Å²) in [7, 11) is 0. The highest BCUT2D eigenvalue weighted by Gasteiger charge is 2.32. The van der Waals surface area contributed by atoms with Gasteiger partial charge in [-0.25, -0.2) is 18.0 Å². The van der Waals surface area contributed by atoms with E-state index < -0.39 is 35.5 Å². The zero-order valence-corrected chi connectivity index (χ0v) is 29.0. The number of aryl methyl sites for hydroxylation is 1. The van der Waals surface area contributed by atoms with E-state index in [4.69, 9.17) is 14.2 Å². The van der Waals surface area contributed by atoms with E-state index in [2.05, 4.69) is 50.9 Å². The van der Waals surface area contributed by atoms with Gasteiger partial charge in [0, 0.05) is 24.6 Å². The number of nitrogens with zero attached hydrogens (tertiary/aromatic N) is 1. The highest BCUT2D eigenvalue weighted by atomic mass is 19.1. The van der Waals surface area contributed by atoms with E-state index in [0.717, 1.165) is 25.6 Å². The number of hydrogen-bond donors (Lipinski definition) is 5. The maximum atomic E-state index is 15.4. The molecule has 0 saturated carbocycles. The Kier molecular flexibility index (Phi) is 13.6. The Balaban J connectivity index is 1.27. The Hall–Kier alpha value is -5.03. The van der Waals surface area contributed by atoms with Crippen LogP contribution in [0.1, 0.15) is 47.4 Å². The molecule has 0 aliphatic carbocycles. The van der Waals surface area contributed by atoms with E-state index in [1.54, 1.807) is 13.0 Å². The van der Waals surface area contributed by atoms with Crippen LogP contribution in [0.3, 0.4) is 0 Å². The molecular formula is C39H44F3N5O5. The van der Waals surface area contributed by atoms with Crippen molar-refractivity contribution < 1.29 is 37.3 Å². The first kappa shape index (κ1) is 38.2. The van der Waals surface area contributed by atoms with Gasteiger partial charge in [-0.05, 0) is 73.6 Å². The molecule has 2 aromatic carbocycles. The average molecular weight is 720 g/mol. The van der Waals surface area contributed by atoms with Crippen LogP contribution in [0.5, 0.6) is 0 Å². The lowest BCUT2D eigenvalue weighted by Crippen LogP contribution is -2.49. The maximum absolute atomic E-state index is 15.4. The van der Waals surface area contributed by atoms with E-state index in [9.17, 15) is 18.7 Å². The molecule has 52 heavy (non-hydrogen) atoms. The van der Waals surface area contributed by atoms with Gasteiger partial charge in [0.25, 0.3) is 0 Å². The lowest BCUT2D eigenvalue weighted by molar-refractivity contribution is -0.0179. The van der Waals surface area contributed by atoms with Gasteiger partial charge in [-0.2, -0.15) is 0 Å². The Morgan fingerprint density at radius 3 is 2.56 bits per heavy atom. The van der Waals surface area contributed by atoms with Crippen LogP contribution in [0, 0.1) is 24.4 Å². The fourth-order valence-corrected chi connectivity index (χ4v) is 6.48. The van der Waals surface area contributed by atoms with Gasteiger partial charge < -0.3 is 40.6 Å². The predicted molar refractivity (Wildman–Crippen MR) is 190 cm³/mol. The number of carboxylic acid groups (broad SMARTS) is 1. The maximum Gasteiger partial charge on any atom is 0.405 e. The molecule has 2 saturated heterocycles. The van der Waals surface area contributed by atoms with Crippen molar-refractivity contribution in [3.05, 3.63) is 131 Å². The van der Waals surface area contributed by atoms with Crippen LogP contribution in [-0.2, 0) is 20.6 Å². The summed E-state index contributed by atoms with van der Waals surface area (Å²) in [5, 5.41) is 22.2. The third-order valence-corrected chi connectivity index (χ3v) is 9.01. The van der Waals surface area contributed by atoms with Crippen molar-refractivity contribution in [1.29, 1.82) is 0 Å². The van der Waals surface area contributed by atoms with Crippen molar-refractivity contribution in [2.75, 3.05) is 38.3 Å². The van der Waals surface area contributed by atoms with Gasteiger partial charge in [-0.3, -0.25) is 4.98 Å². The molecule has 3 heterocycles. The van der Waals surface area contributed by atoms with Gasteiger partial charge in [0.05, 0.1) is 61.2 Å². The minimum atomic E-state index is -1.38. The van der Waals surface area contributed by atoms with Crippen LogP contribution in [0.2, 0.25) is 0 Å². The summed E-state index contributed by atoms with van der Waals surface area (Å²) < 4.78 is 61.6. The molecule has 1 amide bonds. The topological polar surface area (TPSA) is 126 Å². The Morgan fingerprint density at radius 2 is 1.90 bits per heavy atom. The van der Waals surface area contributed by atoms with E-state index in [-0.39, 0.29) is 36.0 Å². The van der Waals surface area contributed by atoms with Crippen molar-refractivity contribution in [3.63, 3.8) is 0 Å². The van der Waals surface area contributed by atoms with Crippen LogP contribution in [0.15, 0.2) is 91.1 Å². The largest absolute Gasteiger partial charge is 0.472 e. The number of amides is 1. The number of morpholine rings is 1. The molecule has 0 radical (unpaired) electrons. The molecule has 2 fully saturated rings. The molecule has 276 valence electrons. The van der Waals surface area contributed by atoms with Gasteiger partial charge >= 0.3 is 6.09 Å². The number of ether oxygens (including phenoxy) is 3. The van der Waals surface area contributed by atoms with Crippen molar-refractivity contribution in [2.24, 2.45) is 0 Å². The summed E-state index contributed by atoms with van der Waals surface area (Å²) in [6.07, 6.45) is 3.60. The molecule has 0 unspecified atom stereocenters. The lowest BCUT2D eigenvalue weighted by atomic mass is 9.82. The molecule has 13 heteroatoms. The summed E-state index contributed by atoms with van der Waals surface area (Å²) in [6, 6.07) is 8.78. The van der Waals surface area contributed by atoms with Gasteiger partial charge in [0.2, 0.25) is 5.88 Å². The van der Waals surface area contributed by atoms with Crippen molar-refractivity contribution in [1.82, 2.24) is 20.9 Å². The average Bonchev–Trinajstić information content (AvgIpc) is 3.13. The van der Waals surface area contributed by atoms with Gasteiger partial charge in [0.1, 0.15) is 24.1 Å². The first-order chi connectivity index (χ1) is 25.1. The quantitative estimate of drug-likeness (QED) is 0.0942. The van der Waals surface area contributed by atoms with Gasteiger partial charge in [-0.15, -0.1) is 5.73 Å². The summed E-state index contributed by atoms with van der Waals surface area (Å²) >= 11 is 0. The Bertz CT molecular complexity index is 1760. The molecule has 3 aromatic rings. The van der Waals surface area contributed by atoms with Crippen LogP contribution in [0.25, 0.3) is 0 Å². The van der Waals surface area contributed by atoms with Gasteiger partial charge in [0.15, 0.2) is 0 Å². The van der Waals surface area contributed by atoms with Crippen LogP contribution in [0.4, 0.5) is 23.7 Å². The number of carbonyl (C=O) groups is 1. The normalized spacial score (nSPS) is 19.7. The molecule has 0 spiro atoms. The number of hydrogen-bond acceptors (Lipinski definition) is 8. The molecule has 0 bridgehead atoms. The fourth-order valence-electron chi connectivity index (χ4n) is 6.48. The summed E-state index contributed by atoms with van der Waals surface area (Å²) in [5.41, 5.74) is 7.78. The zero-order chi connectivity index (χ0) is 37.0. The summed E-state index contributed by atoms with van der Waals surface area (Å²) in [4.78, 5) is 16.2. The fraction of sp³-hybridized carbons (Fsp3) is 0.385. The Morgan fingerprint density at radius 1 is 1.10 bits per heavy atom.